The van der Waals surface area contributed by atoms with Crippen molar-refractivity contribution in [2.75, 3.05) is 18.5 Å². The maximum absolute atomic E-state index is 12.9. The van der Waals surface area contributed by atoms with E-state index in [1.807, 2.05) is 32.0 Å². The second-order valence-electron chi connectivity index (χ2n) is 7.20. The van der Waals surface area contributed by atoms with Crippen LogP contribution in [0.15, 0.2) is 47.4 Å². The van der Waals surface area contributed by atoms with Gasteiger partial charge in [0.1, 0.15) is 6.04 Å². The zero-order valence-corrected chi connectivity index (χ0v) is 18.3. The molecule has 0 aliphatic carbocycles. The van der Waals surface area contributed by atoms with Gasteiger partial charge in [0.25, 0.3) is 5.91 Å². The average Bonchev–Trinajstić information content (AvgIpc) is 3.20. The Balaban J connectivity index is 1.63. The van der Waals surface area contributed by atoms with Crippen LogP contribution in [0.1, 0.15) is 24.0 Å². The Hall–Kier alpha value is -2.42. The zero-order valence-electron chi connectivity index (χ0n) is 16.7. The van der Waals surface area contributed by atoms with Crippen molar-refractivity contribution >= 4 is 39.2 Å². The molecule has 2 aromatic carbocycles. The van der Waals surface area contributed by atoms with E-state index >= 15 is 0 Å². The number of halogens is 1. The normalized spacial score (nSPS) is 17.0. The number of nitrogens with one attached hydrogen (secondary N) is 1. The molecule has 7 nitrogen and oxygen atoms in total. The summed E-state index contributed by atoms with van der Waals surface area (Å²) in [6.07, 6.45) is 0.867. The molecular weight excluding hydrogens is 428 g/mol. The average molecular weight is 451 g/mol. The number of benzene rings is 2. The van der Waals surface area contributed by atoms with Crippen molar-refractivity contribution in [3.63, 3.8) is 0 Å². The lowest BCUT2D eigenvalue weighted by Gasteiger charge is -2.22. The Bertz CT molecular complexity index is 1050. The van der Waals surface area contributed by atoms with E-state index in [-0.39, 0.29) is 11.4 Å². The van der Waals surface area contributed by atoms with Crippen LogP contribution in [-0.2, 0) is 24.3 Å². The van der Waals surface area contributed by atoms with Crippen molar-refractivity contribution in [1.29, 1.82) is 0 Å². The fourth-order valence-electron chi connectivity index (χ4n) is 3.30. The fraction of sp³-hybridized carbons (Fsp3) is 0.333. The minimum absolute atomic E-state index is 0.0549. The molecule has 0 radical (unpaired) electrons. The van der Waals surface area contributed by atoms with E-state index in [1.165, 1.54) is 24.3 Å². The van der Waals surface area contributed by atoms with Crippen LogP contribution in [0.25, 0.3) is 0 Å². The molecule has 9 heteroatoms. The third-order valence-corrected chi connectivity index (χ3v) is 7.08. The number of nitrogens with zero attached hydrogens (tertiary/aromatic N) is 1. The topological polar surface area (TPSA) is 92.8 Å². The van der Waals surface area contributed by atoms with Crippen molar-refractivity contribution in [3.8, 4) is 0 Å². The summed E-state index contributed by atoms with van der Waals surface area (Å²) in [7, 11) is -3.87. The van der Waals surface area contributed by atoms with Gasteiger partial charge < -0.3 is 10.1 Å². The van der Waals surface area contributed by atoms with Gasteiger partial charge in [0, 0.05) is 17.3 Å². The molecule has 1 N–H and O–H groups in total. The number of sulfonamides is 1. The Kier molecular flexibility index (Phi) is 6.80. The monoisotopic (exact) mass is 450 g/mol. The van der Waals surface area contributed by atoms with Gasteiger partial charge >= 0.3 is 5.97 Å². The van der Waals surface area contributed by atoms with Gasteiger partial charge in [0.05, 0.1) is 4.90 Å². The minimum Gasteiger partial charge on any atom is -0.454 e. The van der Waals surface area contributed by atoms with E-state index in [4.69, 9.17) is 16.3 Å². The predicted molar refractivity (Wildman–Crippen MR) is 114 cm³/mol. The highest BCUT2D eigenvalue weighted by Gasteiger charge is 2.40. The quantitative estimate of drug-likeness (QED) is 0.681. The van der Waals surface area contributed by atoms with Gasteiger partial charge in [-0.05, 0) is 68.1 Å². The molecule has 1 unspecified atom stereocenters. The standard InChI is InChI=1S/C21H23ClN2O5S/c1-14-5-6-15(2)18(12-14)23-20(25)13-29-21(26)19-4-3-11-24(19)30(27,28)17-9-7-16(22)8-10-17/h5-10,12,19H,3-4,11,13H2,1-2H3,(H,23,25). The number of rotatable bonds is 6. The molecule has 0 bridgehead atoms. The molecule has 1 heterocycles. The Morgan fingerprint density at radius 1 is 1.17 bits per heavy atom. The van der Waals surface area contributed by atoms with Gasteiger partial charge in [-0.2, -0.15) is 4.31 Å². The van der Waals surface area contributed by atoms with E-state index < -0.39 is 34.5 Å². The molecule has 1 saturated heterocycles. The summed E-state index contributed by atoms with van der Waals surface area (Å²) in [4.78, 5) is 24.8. The maximum Gasteiger partial charge on any atom is 0.324 e. The fourth-order valence-corrected chi connectivity index (χ4v) is 5.07. The summed E-state index contributed by atoms with van der Waals surface area (Å²) in [5.74, 6) is -1.22. The lowest BCUT2D eigenvalue weighted by Crippen LogP contribution is -2.42. The van der Waals surface area contributed by atoms with Crippen LogP contribution in [0.2, 0.25) is 5.02 Å². The van der Waals surface area contributed by atoms with E-state index in [9.17, 15) is 18.0 Å². The predicted octanol–water partition coefficient (Wildman–Crippen LogP) is 3.29. The molecular formula is C21H23ClN2O5S. The smallest absolute Gasteiger partial charge is 0.324 e. The first-order valence-corrected chi connectivity index (χ1v) is 11.3. The summed E-state index contributed by atoms with van der Waals surface area (Å²) in [6.45, 7) is 3.49. The number of carbonyl (C=O) groups is 2. The SMILES string of the molecule is Cc1ccc(C)c(NC(=O)COC(=O)C2CCCN2S(=O)(=O)c2ccc(Cl)cc2)c1. The number of ether oxygens (including phenoxy) is 1. The first-order valence-electron chi connectivity index (χ1n) is 9.49. The summed E-state index contributed by atoms with van der Waals surface area (Å²) in [6, 6.07) is 10.4. The van der Waals surface area contributed by atoms with Gasteiger partial charge in [-0.1, -0.05) is 23.7 Å². The third-order valence-electron chi connectivity index (χ3n) is 4.91. The largest absolute Gasteiger partial charge is 0.454 e. The van der Waals surface area contributed by atoms with E-state index in [1.54, 1.807) is 0 Å². The van der Waals surface area contributed by atoms with Crippen LogP contribution in [-0.4, -0.2) is 43.8 Å². The zero-order chi connectivity index (χ0) is 21.9. The summed E-state index contributed by atoms with van der Waals surface area (Å²) in [5.41, 5.74) is 2.52. The van der Waals surface area contributed by atoms with Crippen molar-refractivity contribution in [2.45, 2.75) is 37.6 Å². The Morgan fingerprint density at radius 3 is 2.57 bits per heavy atom. The summed E-state index contributed by atoms with van der Waals surface area (Å²) < 4.78 is 32.1. The molecule has 1 atom stereocenters. The van der Waals surface area contributed by atoms with Crippen molar-refractivity contribution in [2.24, 2.45) is 0 Å². The van der Waals surface area contributed by atoms with Gasteiger partial charge in [0.2, 0.25) is 10.0 Å². The van der Waals surface area contributed by atoms with Crippen LogP contribution in [0.5, 0.6) is 0 Å². The van der Waals surface area contributed by atoms with Crippen molar-refractivity contribution in [3.05, 3.63) is 58.6 Å². The highest BCUT2D eigenvalue weighted by Crippen LogP contribution is 2.27. The number of hydrogen-bond donors (Lipinski definition) is 1. The molecule has 1 amide bonds. The molecule has 0 aromatic heterocycles. The molecule has 1 aliphatic heterocycles. The van der Waals surface area contributed by atoms with Crippen molar-refractivity contribution in [1.82, 2.24) is 4.31 Å². The lowest BCUT2D eigenvalue weighted by molar-refractivity contribution is -0.150. The number of aryl methyl sites for hydroxylation is 2. The molecule has 0 spiro atoms. The van der Waals surface area contributed by atoms with E-state index in [2.05, 4.69) is 5.32 Å². The number of esters is 1. The van der Waals surface area contributed by atoms with Gasteiger partial charge in [0.15, 0.2) is 6.61 Å². The first-order chi connectivity index (χ1) is 14.2. The van der Waals surface area contributed by atoms with Crippen LogP contribution in [0.3, 0.4) is 0 Å². The highest BCUT2D eigenvalue weighted by molar-refractivity contribution is 7.89. The number of anilines is 1. The van der Waals surface area contributed by atoms with Crippen LogP contribution >= 0.6 is 11.6 Å². The second kappa shape index (κ2) is 9.16. The molecule has 30 heavy (non-hydrogen) atoms. The molecule has 1 aliphatic rings. The molecule has 160 valence electrons. The van der Waals surface area contributed by atoms with Crippen LogP contribution in [0.4, 0.5) is 5.69 Å². The molecule has 3 rings (SSSR count). The van der Waals surface area contributed by atoms with E-state index in [0.717, 1.165) is 15.4 Å². The number of carbonyl (C=O) groups excluding carboxylic acids is 2. The number of hydrogen-bond acceptors (Lipinski definition) is 5. The van der Waals surface area contributed by atoms with Gasteiger partial charge in [-0.3, -0.25) is 9.59 Å². The van der Waals surface area contributed by atoms with Crippen LogP contribution < -0.4 is 5.32 Å². The van der Waals surface area contributed by atoms with Gasteiger partial charge in [-0.15, -0.1) is 0 Å². The van der Waals surface area contributed by atoms with Crippen LogP contribution in [0, 0.1) is 13.8 Å². The van der Waals surface area contributed by atoms with Crippen molar-refractivity contribution < 1.29 is 22.7 Å². The third kappa shape index (κ3) is 5.00. The minimum atomic E-state index is -3.87. The molecule has 0 saturated carbocycles. The first kappa shape index (κ1) is 22.3. The lowest BCUT2D eigenvalue weighted by atomic mass is 10.1. The maximum atomic E-state index is 12.9. The number of amides is 1. The Labute approximate surface area is 181 Å². The van der Waals surface area contributed by atoms with Gasteiger partial charge in [-0.25, -0.2) is 8.42 Å². The molecule has 2 aromatic rings. The summed E-state index contributed by atoms with van der Waals surface area (Å²) >= 11 is 5.83. The Morgan fingerprint density at radius 2 is 1.87 bits per heavy atom. The summed E-state index contributed by atoms with van der Waals surface area (Å²) in [5, 5.41) is 3.13. The second-order valence-corrected chi connectivity index (χ2v) is 9.53. The highest BCUT2D eigenvalue weighted by atomic mass is 35.5. The molecule has 1 fully saturated rings. The van der Waals surface area contributed by atoms with E-state index in [0.29, 0.717) is 23.6 Å².